The summed E-state index contributed by atoms with van der Waals surface area (Å²) in [6.45, 7) is 9.35. The molecule has 0 heterocycles. The highest BCUT2D eigenvalue weighted by Crippen LogP contribution is 2.17. The molecule has 0 aromatic heterocycles. The van der Waals surface area contributed by atoms with E-state index in [-0.39, 0.29) is 0 Å². The van der Waals surface area contributed by atoms with Crippen LogP contribution in [0.3, 0.4) is 0 Å². The first-order valence-corrected chi connectivity index (χ1v) is 5.83. The van der Waals surface area contributed by atoms with Crippen LogP contribution in [-0.4, -0.2) is 18.3 Å². The minimum absolute atomic E-state index is 0.376. The fraction of sp³-hybridized carbons (Fsp3) is 0.571. The lowest BCUT2D eigenvalue weighted by atomic mass is 10.0. The van der Waals surface area contributed by atoms with Gasteiger partial charge in [0.2, 0.25) is 0 Å². The van der Waals surface area contributed by atoms with Crippen LogP contribution in [-0.2, 0) is 4.74 Å². The maximum atomic E-state index is 9.96. The molecule has 1 N–H and O–H groups in total. The molecule has 1 aromatic carbocycles. The Morgan fingerprint density at radius 1 is 1.06 bits per heavy atom. The van der Waals surface area contributed by atoms with E-state index in [0.717, 1.165) is 5.56 Å². The van der Waals surface area contributed by atoms with Crippen LogP contribution in [0.2, 0.25) is 0 Å². The van der Waals surface area contributed by atoms with Crippen LogP contribution < -0.4 is 0 Å². The van der Waals surface area contributed by atoms with E-state index >= 15 is 0 Å². The van der Waals surface area contributed by atoms with Gasteiger partial charge in [0.1, 0.15) is 6.10 Å². The molecule has 0 aliphatic carbocycles. The SMILES string of the molecule is Cc1cc(C)cc(C(O)COCC(C)C)c1. The van der Waals surface area contributed by atoms with Crippen LogP contribution in [0.25, 0.3) is 0 Å². The summed E-state index contributed by atoms with van der Waals surface area (Å²) < 4.78 is 5.44. The second kappa shape index (κ2) is 6.02. The minimum Gasteiger partial charge on any atom is -0.386 e. The molecule has 90 valence electrons. The minimum atomic E-state index is -0.516. The zero-order valence-corrected chi connectivity index (χ0v) is 10.7. The van der Waals surface area contributed by atoms with Crippen LogP contribution in [0.1, 0.15) is 36.6 Å². The average molecular weight is 222 g/mol. The van der Waals surface area contributed by atoms with Crippen LogP contribution in [0, 0.1) is 19.8 Å². The highest BCUT2D eigenvalue weighted by Gasteiger charge is 2.08. The van der Waals surface area contributed by atoms with Crippen molar-refractivity contribution in [2.45, 2.75) is 33.8 Å². The molecule has 1 aromatic rings. The van der Waals surface area contributed by atoms with Gasteiger partial charge in [-0.15, -0.1) is 0 Å². The number of rotatable bonds is 5. The van der Waals surface area contributed by atoms with Crippen molar-refractivity contribution in [1.82, 2.24) is 0 Å². The molecule has 0 aliphatic heterocycles. The average Bonchev–Trinajstić information content (AvgIpc) is 2.15. The summed E-state index contributed by atoms with van der Waals surface area (Å²) in [5.74, 6) is 0.506. The van der Waals surface area contributed by atoms with Crippen LogP contribution in [0.5, 0.6) is 0 Å². The largest absolute Gasteiger partial charge is 0.386 e. The number of hydrogen-bond acceptors (Lipinski definition) is 2. The molecule has 0 radical (unpaired) electrons. The van der Waals surface area contributed by atoms with Crippen molar-refractivity contribution < 1.29 is 9.84 Å². The second-order valence-electron chi connectivity index (χ2n) is 4.87. The molecule has 2 heteroatoms. The molecule has 2 nitrogen and oxygen atoms in total. The number of ether oxygens (including phenoxy) is 1. The molecule has 0 spiro atoms. The highest BCUT2D eigenvalue weighted by atomic mass is 16.5. The summed E-state index contributed by atoms with van der Waals surface area (Å²) in [4.78, 5) is 0. The van der Waals surface area contributed by atoms with Gasteiger partial charge in [0, 0.05) is 6.61 Å². The van der Waals surface area contributed by atoms with Crippen molar-refractivity contribution in [3.8, 4) is 0 Å². The molecule has 1 rings (SSSR count). The van der Waals surface area contributed by atoms with E-state index in [0.29, 0.717) is 19.1 Å². The van der Waals surface area contributed by atoms with E-state index in [4.69, 9.17) is 4.74 Å². The van der Waals surface area contributed by atoms with Gasteiger partial charge in [-0.25, -0.2) is 0 Å². The number of benzene rings is 1. The molecule has 16 heavy (non-hydrogen) atoms. The van der Waals surface area contributed by atoms with Crippen LogP contribution in [0.15, 0.2) is 18.2 Å². The Bertz CT molecular complexity index is 311. The Kier molecular flexibility index (Phi) is 4.97. The van der Waals surface area contributed by atoms with Gasteiger partial charge in [-0.2, -0.15) is 0 Å². The standard InChI is InChI=1S/C14H22O2/c1-10(2)8-16-9-14(15)13-6-11(3)5-12(4)7-13/h5-7,10,14-15H,8-9H2,1-4H3. The van der Waals surface area contributed by atoms with Gasteiger partial charge in [-0.1, -0.05) is 43.2 Å². The monoisotopic (exact) mass is 222 g/mol. The zero-order chi connectivity index (χ0) is 12.1. The lowest BCUT2D eigenvalue weighted by Crippen LogP contribution is -2.11. The molecule has 0 bridgehead atoms. The normalized spacial score (nSPS) is 13.1. The topological polar surface area (TPSA) is 29.5 Å². The highest BCUT2D eigenvalue weighted by molar-refractivity contribution is 5.29. The Balaban J connectivity index is 2.55. The molecule has 0 saturated heterocycles. The molecule has 0 fully saturated rings. The van der Waals surface area contributed by atoms with Crippen LogP contribution >= 0.6 is 0 Å². The van der Waals surface area contributed by atoms with E-state index in [2.05, 4.69) is 19.9 Å². The lowest BCUT2D eigenvalue weighted by Gasteiger charge is -2.14. The predicted molar refractivity (Wildman–Crippen MR) is 66.5 cm³/mol. The number of aliphatic hydroxyl groups excluding tert-OH is 1. The Labute approximate surface area is 98.3 Å². The van der Waals surface area contributed by atoms with Gasteiger partial charge in [-0.3, -0.25) is 0 Å². The van der Waals surface area contributed by atoms with E-state index in [9.17, 15) is 5.11 Å². The fourth-order valence-corrected chi connectivity index (χ4v) is 1.71. The summed E-state index contributed by atoms with van der Waals surface area (Å²) in [5.41, 5.74) is 3.30. The number of hydrogen-bond donors (Lipinski definition) is 1. The maximum Gasteiger partial charge on any atom is 0.102 e. The van der Waals surface area contributed by atoms with E-state index in [1.807, 2.05) is 26.0 Å². The molecule has 0 amide bonds. The first-order chi connectivity index (χ1) is 7.49. The third kappa shape index (κ3) is 4.33. The molecule has 1 unspecified atom stereocenters. The van der Waals surface area contributed by atoms with Crippen molar-refractivity contribution in [2.24, 2.45) is 5.92 Å². The Morgan fingerprint density at radius 2 is 1.62 bits per heavy atom. The fourth-order valence-electron chi connectivity index (χ4n) is 1.71. The maximum absolute atomic E-state index is 9.96. The smallest absolute Gasteiger partial charge is 0.102 e. The van der Waals surface area contributed by atoms with E-state index < -0.39 is 6.10 Å². The Hall–Kier alpha value is -0.860. The van der Waals surface area contributed by atoms with Gasteiger partial charge < -0.3 is 9.84 Å². The summed E-state index contributed by atoms with van der Waals surface area (Å²) in [7, 11) is 0. The van der Waals surface area contributed by atoms with Gasteiger partial charge in [0.15, 0.2) is 0 Å². The van der Waals surface area contributed by atoms with Crippen molar-refractivity contribution in [3.63, 3.8) is 0 Å². The molecule has 0 saturated carbocycles. The van der Waals surface area contributed by atoms with Gasteiger partial charge in [-0.05, 0) is 25.3 Å². The quantitative estimate of drug-likeness (QED) is 0.830. The van der Waals surface area contributed by atoms with Gasteiger partial charge >= 0.3 is 0 Å². The predicted octanol–water partition coefficient (Wildman–Crippen LogP) is 3.01. The first-order valence-electron chi connectivity index (χ1n) is 5.83. The third-order valence-electron chi connectivity index (χ3n) is 2.36. The summed E-state index contributed by atoms with van der Waals surface area (Å²) in [6, 6.07) is 6.12. The van der Waals surface area contributed by atoms with Crippen LogP contribution in [0.4, 0.5) is 0 Å². The molecular formula is C14H22O2. The van der Waals surface area contributed by atoms with E-state index in [1.54, 1.807) is 0 Å². The lowest BCUT2D eigenvalue weighted by molar-refractivity contribution is 0.0249. The van der Waals surface area contributed by atoms with Crippen molar-refractivity contribution in [1.29, 1.82) is 0 Å². The van der Waals surface area contributed by atoms with Crippen molar-refractivity contribution in [3.05, 3.63) is 34.9 Å². The summed E-state index contributed by atoms with van der Waals surface area (Å²) in [5, 5.41) is 9.96. The molecule has 1 atom stereocenters. The van der Waals surface area contributed by atoms with E-state index in [1.165, 1.54) is 11.1 Å². The zero-order valence-electron chi connectivity index (χ0n) is 10.7. The molecule has 0 aliphatic rings. The first kappa shape index (κ1) is 13.2. The van der Waals surface area contributed by atoms with Gasteiger partial charge in [0.05, 0.1) is 6.61 Å². The summed E-state index contributed by atoms with van der Waals surface area (Å²) >= 11 is 0. The number of aryl methyl sites for hydroxylation is 2. The summed E-state index contributed by atoms with van der Waals surface area (Å²) in [6.07, 6.45) is -0.516. The third-order valence-corrected chi connectivity index (χ3v) is 2.36. The second-order valence-corrected chi connectivity index (χ2v) is 4.87. The van der Waals surface area contributed by atoms with Gasteiger partial charge in [0.25, 0.3) is 0 Å². The van der Waals surface area contributed by atoms with Crippen molar-refractivity contribution in [2.75, 3.05) is 13.2 Å². The Morgan fingerprint density at radius 3 is 2.12 bits per heavy atom. The number of aliphatic hydroxyl groups is 1. The van der Waals surface area contributed by atoms with Crippen molar-refractivity contribution >= 4 is 0 Å². The molecular weight excluding hydrogens is 200 g/mol.